The van der Waals surface area contributed by atoms with Crippen molar-refractivity contribution in [1.29, 1.82) is 0 Å². The van der Waals surface area contributed by atoms with Crippen LogP contribution in [0.25, 0.3) is 5.65 Å². The molecule has 0 atom stereocenters. The van der Waals surface area contributed by atoms with Crippen molar-refractivity contribution in [3.05, 3.63) is 36.2 Å². The normalized spacial score (nSPS) is 17.3. The maximum absolute atomic E-state index is 12.9. The first-order chi connectivity index (χ1) is 14.9. The molecule has 162 valence electrons. The van der Waals surface area contributed by atoms with Gasteiger partial charge in [-0.3, -0.25) is 10.1 Å². The first-order valence-corrected chi connectivity index (χ1v) is 9.95. The van der Waals surface area contributed by atoms with Gasteiger partial charge in [-0.25, -0.2) is 9.97 Å². The van der Waals surface area contributed by atoms with Gasteiger partial charge in [-0.2, -0.15) is 22.7 Å². The number of fused-ring (bicyclic) bond motifs is 1. The topological polar surface area (TPSA) is 91.5 Å². The first-order valence-electron chi connectivity index (χ1n) is 9.95. The van der Waals surface area contributed by atoms with Crippen molar-refractivity contribution in [2.45, 2.75) is 19.0 Å². The van der Waals surface area contributed by atoms with Gasteiger partial charge >= 0.3 is 6.18 Å². The number of halogens is 3. The molecule has 1 saturated heterocycles. The van der Waals surface area contributed by atoms with Crippen molar-refractivity contribution < 1.29 is 18.0 Å². The number of alkyl halides is 3. The third-order valence-corrected chi connectivity index (χ3v) is 5.34. The number of hydrogen-bond donors (Lipinski definition) is 1. The lowest BCUT2D eigenvalue weighted by Gasteiger charge is -2.35. The van der Waals surface area contributed by atoms with E-state index in [1.807, 2.05) is 12.1 Å². The Bertz CT molecular complexity index is 1120. The number of nitrogens with one attached hydrogen (secondary N) is 1. The van der Waals surface area contributed by atoms with Gasteiger partial charge in [-0.05, 0) is 31.0 Å². The minimum absolute atomic E-state index is 0.0530. The molecule has 3 aromatic heterocycles. The van der Waals surface area contributed by atoms with Crippen LogP contribution in [0.3, 0.4) is 0 Å². The summed E-state index contributed by atoms with van der Waals surface area (Å²) in [7, 11) is 0. The van der Waals surface area contributed by atoms with Gasteiger partial charge in [-0.1, -0.05) is 6.07 Å². The molecular formula is C19H19F3N8O. The second kappa shape index (κ2) is 7.36. The van der Waals surface area contributed by atoms with Crippen molar-refractivity contribution in [2.24, 2.45) is 5.92 Å². The molecule has 1 amide bonds. The second-order valence-corrected chi connectivity index (χ2v) is 7.57. The maximum Gasteiger partial charge on any atom is 0.433 e. The molecule has 2 aliphatic rings. The molecule has 1 aliphatic heterocycles. The third kappa shape index (κ3) is 3.97. The SMILES string of the molecule is O=C(Nc1nc2cccc(N3CCN(c4nccc(C(F)(F)F)n4)CC3)n2n1)C1CC1. The largest absolute Gasteiger partial charge is 0.433 e. The summed E-state index contributed by atoms with van der Waals surface area (Å²) in [4.78, 5) is 27.8. The van der Waals surface area contributed by atoms with E-state index in [1.54, 1.807) is 15.5 Å². The number of rotatable bonds is 4. The summed E-state index contributed by atoms with van der Waals surface area (Å²) >= 11 is 0. The van der Waals surface area contributed by atoms with Gasteiger partial charge in [0, 0.05) is 38.3 Å². The molecule has 12 heteroatoms. The fourth-order valence-corrected chi connectivity index (χ4v) is 3.54. The number of hydrogen-bond acceptors (Lipinski definition) is 7. The fraction of sp³-hybridized carbons (Fsp3) is 0.421. The average molecular weight is 432 g/mol. The molecule has 1 aliphatic carbocycles. The lowest BCUT2D eigenvalue weighted by Crippen LogP contribution is -2.47. The predicted molar refractivity (Wildman–Crippen MR) is 106 cm³/mol. The number of carbonyl (C=O) groups excluding carboxylic acids is 1. The third-order valence-electron chi connectivity index (χ3n) is 5.34. The van der Waals surface area contributed by atoms with Crippen LogP contribution in [0.2, 0.25) is 0 Å². The number of piperazine rings is 1. The van der Waals surface area contributed by atoms with Crippen LogP contribution in [0.15, 0.2) is 30.5 Å². The molecular weight excluding hydrogens is 413 g/mol. The van der Waals surface area contributed by atoms with E-state index in [0.717, 1.165) is 30.9 Å². The Morgan fingerprint density at radius 2 is 1.77 bits per heavy atom. The standard InChI is InChI=1S/C19H19F3N8O/c20-19(21,22)13-6-7-23-18(24-13)29-10-8-28(9-11-29)15-3-1-2-14-25-17(27-30(14)15)26-16(31)12-4-5-12/h1-3,6-7,12H,4-5,8-11H2,(H,26,27,31). The lowest BCUT2D eigenvalue weighted by molar-refractivity contribution is -0.141. The second-order valence-electron chi connectivity index (χ2n) is 7.57. The van der Waals surface area contributed by atoms with Gasteiger partial charge in [0.05, 0.1) is 0 Å². The van der Waals surface area contributed by atoms with Crippen molar-refractivity contribution in [3.8, 4) is 0 Å². The van der Waals surface area contributed by atoms with Gasteiger partial charge in [0.2, 0.25) is 17.8 Å². The molecule has 0 radical (unpaired) electrons. The highest BCUT2D eigenvalue weighted by Crippen LogP contribution is 2.30. The number of aromatic nitrogens is 5. The predicted octanol–water partition coefficient (Wildman–Crippen LogP) is 2.21. The highest BCUT2D eigenvalue weighted by molar-refractivity contribution is 5.92. The Morgan fingerprint density at radius 3 is 2.48 bits per heavy atom. The summed E-state index contributed by atoms with van der Waals surface area (Å²) in [6.07, 6.45) is -1.59. The van der Waals surface area contributed by atoms with Crippen molar-refractivity contribution in [2.75, 3.05) is 41.3 Å². The minimum Gasteiger partial charge on any atom is -0.353 e. The summed E-state index contributed by atoms with van der Waals surface area (Å²) in [6, 6.07) is 6.42. The Labute approximate surface area is 174 Å². The summed E-state index contributed by atoms with van der Waals surface area (Å²) in [5.74, 6) is 1.12. The highest BCUT2D eigenvalue weighted by Gasteiger charge is 2.34. The highest BCUT2D eigenvalue weighted by atomic mass is 19.4. The fourth-order valence-electron chi connectivity index (χ4n) is 3.54. The zero-order valence-corrected chi connectivity index (χ0v) is 16.4. The monoisotopic (exact) mass is 432 g/mol. The van der Waals surface area contributed by atoms with E-state index >= 15 is 0 Å². The number of carbonyl (C=O) groups is 1. The van der Waals surface area contributed by atoms with Crippen LogP contribution in [0.5, 0.6) is 0 Å². The molecule has 1 N–H and O–H groups in total. The van der Waals surface area contributed by atoms with E-state index in [1.165, 1.54) is 0 Å². The van der Waals surface area contributed by atoms with Gasteiger partial charge in [0.15, 0.2) is 5.65 Å². The van der Waals surface area contributed by atoms with Crippen LogP contribution in [0.4, 0.5) is 30.9 Å². The molecule has 0 bridgehead atoms. The van der Waals surface area contributed by atoms with Gasteiger partial charge in [0.1, 0.15) is 11.5 Å². The van der Waals surface area contributed by atoms with E-state index in [2.05, 4.69) is 30.3 Å². The lowest BCUT2D eigenvalue weighted by atomic mass is 10.3. The van der Waals surface area contributed by atoms with Crippen LogP contribution in [0.1, 0.15) is 18.5 Å². The Balaban J connectivity index is 1.31. The Morgan fingerprint density at radius 1 is 1.03 bits per heavy atom. The van der Waals surface area contributed by atoms with E-state index in [-0.39, 0.29) is 23.7 Å². The van der Waals surface area contributed by atoms with E-state index < -0.39 is 11.9 Å². The molecule has 31 heavy (non-hydrogen) atoms. The zero-order valence-electron chi connectivity index (χ0n) is 16.4. The number of nitrogens with zero attached hydrogens (tertiary/aromatic N) is 7. The van der Waals surface area contributed by atoms with Crippen LogP contribution in [-0.2, 0) is 11.0 Å². The number of amides is 1. The molecule has 2 fully saturated rings. The first kappa shape index (κ1) is 19.5. The van der Waals surface area contributed by atoms with E-state index in [0.29, 0.717) is 31.8 Å². The summed E-state index contributed by atoms with van der Waals surface area (Å²) < 4.78 is 40.5. The zero-order chi connectivity index (χ0) is 21.6. The number of anilines is 3. The van der Waals surface area contributed by atoms with Crippen molar-refractivity contribution in [3.63, 3.8) is 0 Å². The van der Waals surface area contributed by atoms with Crippen LogP contribution >= 0.6 is 0 Å². The van der Waals surface area contributed by atoms with E-state index in [4.69, 9.17) is 0 Å². The summed E-state index contributed by atoms with van der Waals surface area (Å²) in [5.41, 5.74) is -0.347. The van der Waals surface area contributed by atoms with Crippen molar-refractivity contribution >= 4 is 29.3 Å². The molecule has 0 spiro atoms. The smallest absolute Gasteiger partial charge is 0.353 e. The van der Waals surface area contributed by atoms with Crippen LogP contribution < -0.4 is 15.1 Å². The van der Waals surface area contributed by atoms with Gasteiger partial charge in [0.25, 0.3) is 0 Å². The molecule has 0 aromatic carbocycles. The Hall–Kier alpha value is -3.44. The van der Waals surface area contributed by atoms with E-state index in [9.17, 15) is 18.0 Å². The molecule has 4 heterocycles. The van der Waals surface area contributed by atoms with Gasteiger partial charge < -0.3 is 9.80 Å². The average Bonchev–Trinajstić information content (AvgIpc) is 3.53. The molecule has 9 nitrogen and oxygen atoms in total. The quantitative estimate of drug-likeness (QED) is 0.676. The minimum atomic E-state index is -4.51. The summed E-state index contributed by atoms with van der Waals surface area (Å²) in [5, 5.41) is 7.17. The summed E-state index contributed by atoms with van der Waals surface area (Å²) in [6.45, 7) is 2.00. The maximum atomic E-state index is 12.9. The molecule has 5 rings (SSSR count). The van der Waals surface area contributed by atoms with Crippen LogP contribution in [-0.4, -0.2) is 56.7 Å². The molecule has 3 aromatic rings. The molecule has 0 unspecified atom stereocenters. The van der Waals surface area contributed by atoms with Crippen molar-refractivity contribution in [1.82, 2.24) is 24.6 Å². The molecule has 1 saturated carbocycles. The van der Waals surface area contributed by atoms with Crippen LogP contribution in [0, 0.1) is 5.92 Å². The van der Waals surface area contributed by atoms with Gasteiger partial charge in [-0.15, -0.1) is 5.10 Å². The number of pyridine rings is 1. The Kier molecular flexibility index (Phi) is 4.63.